The topological polar surface area (TPSA) is 25.8 Å². The molecule has 0 saturated heterocycles. The van der Waals surface area contributed by atoms with Gasteiger partial charge in [-0.25, -0.2) is 9.97 Å². The second kappa shape index (κ2) is 13.5. The van der Waals surface area contributed by atoms with Crippen LogP contribution in [0.5, 0.6) is 0 Å². The molecule has 0 bridgehead atoms. The fourth-order valence-corrected chi connectivity index (χ4v) is 10.7. The van der Waals surface area contributed by atoms with Crippen molar-refractivity contribution >= 4 is 21.5 Å². The fourth-order valence-electron chi connectivity index (χ4n) is 10.7. The zero-order chi connectivity index (χ0) is 41.7. The Morgan fingerprint density at radius 2 is 0.871 bits per heavy atom. The highest BCUT2D eigenvalue weighted by Gasteiger charge is 2.38. The number of benzene rings is 9. The van der Waals surface area contributed by atoms with Gasteiger partial charge < -0.3 is 0 Å². The van der Waals surface area contributed by atoms with Crippen molar-refractivity contribution in [3.8, 4) is 78.4 Å². The predicted molar refractivity (Wildman–Crippen MR) is 259 cm³/mol. The molecule has 0 fully saturated rings. The summed E-state index contributed by atoms with van der Waals surface area (Å²) in [6.45, 7) is 9.39. The molecular formula is C60H44N2. The molecule has 0 saturated carbocycles. The van der Waals surface area contributed by atoms with Crippen molar-refractivity contribution in [2.24, 2.45) is 0 Å². The molecule has 0 aliphatic heterocycles. The van der Waals surface area contributed by atoms with E-state index in [9.17, 15) is 0 Å². The lowest BCUT2D eigenvalue weighted by molar-refractivity contribution is 0.660. The van der Waals surface area contributed by atoms with Gasteiger partial charge >= 0.3 is 0 Å². The molecule has 2 heteroatoms. The van der Waals surface area contributed by atoms with Crippen molar-refractivity contribution in [1.82, 2.24) is 9.97 Å². The number of fused-ring (bicyclic) bond motifs is 8. The minimum atomic E-state index is -0.158. The molecule has 9 aromatic carbocycles. The molecule has 0 atom stereocenters. The first kappa shape index (κ1) is 36.4. The van der Waals surface area contributed by atoms with Gasteiger partial charge in [0.15, 0.2) is 5.82 Å². The third-order valence-corrected chi connectivity index (χ3v) is 13.9. The van der Waals surface area contributed by atoms with Gasteiger partial charge in [-0.1, -0.05) is 191 Å². The molecule has 0 unspecified atom stereocenters. The first-order valence-corrected chi connectivity index (χ1v) is 21.7. The highest BCUT2D eigenvalue weighted by atomic mass is 14.9. The predicted octanol–water partition coefficient (Wildman–Crippen LogP) is 15.7. The average Bonchev–Trinajstić information content (AvgIpc) is 3.69. The molecule has 2 aliphatic rings. The molecule has 1 aromatic heterocycles. The first-order valence-electron chi connectivity index (χ1n) is 21.7. The maximum atomic E-state index is 5.37. The Kier molecular flexibility index (Phi) is 7.96. The van der Waals surface area contributed by atoms with Gasteiger partial charge in [0.1, 0.15) is 0 Å². The SMILES string of the molecule is CC1(C)c2ccccc2-c2cc(-c3cccc(-c4ccc(-c5cc(-c6cccc7c6-c6cc8ccccc8cc6C7(C)C)nc(-c6ccccc6)n5)c5ccccc45)c3)ccc21. The van der Waals surface area contributed by atoms with Gasteiger partial charge in [0, 0.05) is 27.5 Å². The quantitative estimate of drug-likeness (QED) is 0.173. The van der Waals surface area contributed by atoms with Crippen LogP contribution in [0.4, 0.5) is 0 Å². The summed E-state index contributed by atoms with van der Waals surface area (Å²) in [5.74, 6) is 0.716. The van der Waals surface area contributed by atoms with Gasteiger partial charge in [-0.15, -0.1) is 0 Å². The van der Waals surface area contributed by atoms with E-state index in [1.54, 1.807) is 0 Å². The number of hydrogen-bond donors (Lipinski definition) is 0. The van der Waals surface area contributed by atoms with Crippen molar-refractivity contribution in [1.29, 1.82) is 0 Å². The average molecular weight is 793 g/mol. The van der Waals surface area contributed by atoms with E-state index in [1.807, 2.05) is 6.07 Å². The molecule has 12 rings (SSSR count). The van der Waals surface area contributed by atoms with E-state index < -0.39 is 0 Å². The third kappa shape index (κ3) is 5.49. The fraction of sp³-hybridized carbons (Fsp3) is 0.100. The van der Waals surface area contributed by atoms with Crippen LogP contribution in [-0.2, 0) is 10.8 Å². The van der Waals surface area contributed by atoms with Gasteiger partial charge in [-0.3, -0.25) is 0 Å². The van der Waals surface area contributed by atoms with E-state index in [-0.39, 0.29) is 10.8 Å². The van der Waals surface area contributed by atoms with Crippen LogP contribution in [0.15, 0.2) is 194 Å². The summed E-state index contributed by atoms with van der Waals surface area (Å²) in [6, 6.07) is 71.1. The summed E-state index contributed by atoms with van der Waals surface area (Å²) in [6.07, 6.45) is 0. The summed E-state index contributed by atoms with van der Waals surface area (Å²) in [5, 5.41) is 4.87. The Hall–Kier alpha value is -7.42. The van der Waals surface area contributed by atoms with Crippen molar-refractivity contribution in [3.05, 3.63) is 216 Å². The third-order valence-electron chi connectivity index (χ3n) is 13.9. The first-order chi connectivity index (χ1) is 30.2. The van der Waals surface area contributed by atoms with Crippen molar-refractivity contribution in [2.45, 2.75) is 38.5 Å². The Morgan fingerprint density at radius 3 is 1.69 bits per heavy atom. The summed E-state index contributed by atoms with van der Waals surface area (Å²) in [5.41, 5.74) is 20.4. The number of rotatable bonds is 5. The minimum Gasteiger partial charge on any atom is -0.228 e. The molecule has 62 heavy (non-hydrogen) atoms. The van der Waals surface area contributed by atoms with E-state index >= 15 is 0 Å². The molecule has 0 spiro atoms. The number of nitrogens with zero attached hydrogens (tertiary/aromatic N) is 2. The molecule has 0 N–H and O–H groups in total. The Labute approximate surface area is 363 Å². The molecular weight excluding hydrogens is 749 g/mol. The Balaban J connectivity index is 1.00. The standard InChI is InChI=1S/C60H44N2/c1-59(2)51-26-13-12-24-46(51)49-33-41(28-31-52(49)59)38-20-14-21-42(32-38)43-29-30-47(45-23-11-10-22-44(43)45)55-36-56(62-58(61-55)37-16-6-5-7-17-37)48-25-15-27-53-57(48)50-34-39-18-8-9-19-40(39)35-54(50)60(53,3)4/h5-36H,1-4H3. The highest BCUT2D eigenvalue weighted by molar-refractivity contribution is 6.06. The van der Waals surface area contributed by atoms with Gasteiger partial charge in [-0.2, -0.15) is 0 Å². The molecule has 2 aliphatic carbocycles. The lowest BCUT2D eigenvalue weighted by Gasteiger charge is -2.22. The number of hydrogen-bond acceptors (Lipinski definition) is 2. The summed E-state index contributed by atoms with van der Waals surface area (Å²) in [4.78, 5) is 10.7. The van der Waals surface area contributed by atoms with Gasteiger partial charge in [-0.05, 0) is 119 Å². The zero-order valence-corrected chi connectivity index (χ0v) is 35.4. The van der Waals surface area contributed by atoms with E-state index in [4.69, 9.17) is 9.97 Å². The van der Waals surface area contributed by atoms with E-state index in [0.29, 0.717) is 5.82 Å². The largest absolute Gasteiger partial charge is 0.228 e. The minimum absolute atomic E-state index is 0.0158. The van der Waals surface area contributed by atoms with Crippen LogP contribution in [0, 0.1) is 0 Å². The van der Waals surface area contributed by atoms with Crippen molar-refractivity contribution in [2.75, 3.05) is 0 Å². The Morgan fingerprint density at radius 1 is 0.306 bits per heavy atom. The van der Waals surface area contributed by atoms with Crippen LogP contribution in [0.25, 0.3) is 100.0 Å². The van der Waals surface area contributed by atoms with Crippen LogP contribution in [0.1, 0.15) is 49.9 Å². The molecule has 2 nitrogen and oxygen atoms in total. The summed E-state index contributed by atoms with van der Waals surface area (Å²) in [7, 11) is 0. The summed E-state index contributed by atoms with van der Waals surface area (Å²) >= 11 is 0. The number of aromatic nitrogens is 2. The van der Waals surface area contributed by atoms with E-state index in [2.05, 4.69) is 216 Å². The molecule has 294 valence electrons. The lowest BCUT2D eigenvalue weighted by Crippen LogP contribution is -2.14. The van der Waals surface area contributed by atoms with Crippen LogP contribution in [-0.4, -0.2) is 9.97 Å². The van der Waals surface area contributed by atoms with E-state index in [0.717, 1.165) is 33.5 Å². The smallest absolute Gasteiger partial charge is 0.160 e. The molecule has 10 aromatic rings. The maximum absolute atomic E-state index is 5.37. The van der Waals surface area contributed by atoms with Crippen LogP contribution >= 0.6 is 0 Å². The van der Waals surface area contributed by atoms with Gasteiger partial charge in [0.25, 0.3) is 0 Å². The highest BCUT2D eigenvalue weighted by Crippen LogP contribution is 2.54. The molecule has 0 amide bonds. The Bertz CT molecular complexity index is 3460. The summed E-state index contributed by atoms with van der Waals surface area (Å²) < 4.78 is 0. The van der Waals surface area contributed by atoms with Crippen molar-refractivity contribution in [3.63, 3.8) is 0 Å². The normalized spacial score (nSPS) is 14.1. The molecule has 0 radical (unpaired) electrons. The van der Waals surface area contributed by atoms with Crippen LogP contribution < -0.4 is 0 Å². The molecule has 1 heterocycles. The van der Waals surface area contributed by atoms with E-state index in [1.165, 1.54) is 82.9 Å². The van der Waals surface area contributed by atoms with Crippen LogP contribution in [0.2, 0.25) is 0 Å². The lowest BCUT2D eigenvalue weighted by atomic mass is 9.81. The van der Waals surface area contributed by atoms with Crippen LogP contribution in [0.3, 0.4) is 0 Å². The van der Waals surface area contributed by atoms with Gasteiger partial charge in [0.05, 0.1) is 11.4 Å². The maximum Gasteiger partial charge on any atom is 0.160 e. The zero-order valence-electron chi connectivity index (χ0n) is 35.4. The van der Waals surface area contributed by atoms with Gasteiger partial charge in [0.2, 0.25) is 0 Å². The van der Waals surface area contributed by atoms with Crippen molar-refractivity contribution < 1.29 is 0 Å². The second-order valence-electron chi connectivity index (χ2n) is 18.1. The second-order valence-corrected chi connectivity index (χ2v) is 18.1. The monoisotopic (exact) mass is 792 g/mol.